The van der Waals surface area contributed by atoms with Gasteiger partial charge in [-0.05, 0) is 6.92 Å². The van der Waals surface area contributed by atoms with E-state index >= 15 is 0 Å². The monoisotopic (exact) mass is 223 g/mol. The van der Waals surface area contributed by atoms with E-state index in [2.05, 4.69) is 29.2 Å². The quantitative estimate of drug-likeness (QED) is 0.843. The van der Waals surface area contributed by atoms with Crippen LogP contribution in [0.25, 0.3) is 0 Å². The second kappa shape index (κ2) is 4.97. The number of piperazine rings is 1. The first-order chi connectivity index (χ1) is 7.68. The Morgan fingerprint density at radius 3 is 2.69 bits per heavy atom. The maximum atomic E-state index is 5.41. The zero-order chi connectivity index (χ0) is 11.5. The van der Waals surface area contributed by atoms with Gasteiger partial charge in [0.05, 0.1) is 5.69 Å². The fraction of sp³-hybridized carbons (Fsp3) is 0.750. The van der Waals surface area contributed by atoms with Crippen molar-refractivity contribution >= 4 is 0 Å². The van der Waals surface area contributed by atoms with Crippen molar-refractivity contribution in [1.29, 1.82) is 0 Å². The molecular formula is C12H21N3O. The molecule has 1 aliphatic heterocycles. The van der Waals surface area contributed by atoms with Crippen LogP contribution in [-0.4, -0.2) is 36.2 Å². The first kappa shape index (κ1) is 11.6. The SMILES string of the molecule is Cc1noc(C(C)C)c1CN1CCNCC1. The Labute approximate surface area is 97.0 Å². The molecule has 0 atom stereocenters. The molecule has 2 heterocycles. The van der Waals surface area contributed by atoms with Gasteiger partial charge < -0.3 is 9.84 Å². The van der Waals surface area contributed by atoms with Gasteiger partial charge in [0, 0.05) is 44.2 Å². The molecule has 0 bridgehead atoms. The molecule has 90 valence electrons. The maximum absolute atomic E-state index is 5.41. The first-order valence-electron chi connectivity index (χ1n) is 6.06. The molecule has 4 heteroatoms. The van der Waals surface area contributed by atoms with Crippen molar-refractivity contribution in [3.05, 3.63) is 17.0 Å². The molecule has 0 aromatic carbocycles. The summed E-state index contributed by atoms with van der Waals surface area (Å²) in [5.41, 5.74) is 2.33. The van der Waals surface area contributed by atoms with E-state index in [1.165, 1.54) is 5.56 Å². The second-order valence-electron chi connectivity index (χ2n) is 4.79. The van der Waals surface area contributed by atoms with E-state index in [-0.39, 0.29) is 0 Å². The lowest BCUT2D eigenvalue weighted by molar-refractivity contribution is 0.230. The summed E-state index contributed by atoms with van der Waals surface area (Å²) in [6, 6.07) is 0. The van der Waals surface area contributed by atoms with Crippen molar-refractivity contribution in [1.82, 2.24) is 15.4 Å². The molecule has 2 rings (SSSR count). The Morgan fingerprint density at radius 1 is 1.38 bits per heavy atom. The van der Waals surface area contributed by atoms with E-state index < -0.39 is 0 Å². The topological polar surface area (TPSA) is 41.3 Å². The van der Waals surface area contributed by atoms with Gasteiger partial charge >= 0.3 is 0 Å². The number of rotatable bonds is 3. The van der Waals surface area contributed by atoms with Gasteiger partial charge in [0.25, 0.3) is 0 Å². The average molecular weight is 223 g/mol. The zero-order valence-electron chi connectivity index (χ0n) is 10.4. The molecule has 1 N–H and O–H groups in total. The van der Waals surface area contributed by atoms with Gasteiger partial charge in [-0.25, -0.2) is 0 Å². The molecule has 1 fully saturated rings. The number of aromatic nitrogens is 1. The molecule has 0 spiro atoms. The maximum Gasteiger partial charge on any atom is 0.144 e. The highest BCUT2D eigenvalue weighted by molar-refractivity contribution is 5.24. The van der Waals surface area contributed by atoms with E-state index in [0.717, 1.165) is 44.2 Å². The fourth-order valence-corrected chi connectivity index (χ4v) is 2.15. The van der Waals surface area contributed by atoms with Crippen molar-refractivity contribution in [3.63, 3.8) is 0 Å². The van der Waals surface area contributed by atoms with Gasteiger partial charge in [-0.1, -0.05) is 19.0 Å². The molecule has 1 aliphatic rings. The van der Waals surface area contributed by atoms with Crippen molar-refractivity contribution in [2.24, 2.45) is 0 Å². The van der Waals surface area contributed by atoms with Crippen molar-refractivity contribution in [2.45, 2.75) is 33.2 Å². The fourth-order valence-electron chi connectivity index (χ4n) is 2.15. The minimum absolute atomic E-state index is 0.416. The minimum Gasteiger partial charge on any atom is -0.361 e. The van der Waals surface area contributed by atoms with E-state index in [4.69, 9.17) is 4.52 Å². The van der Waals surface area contributed by atoms with Crippen molar-refractivity contribution < 1.29 is 4.52 Å². The molecule has 0 unspecified atom stereocenters. The van der Waals surface area contributed by atoms with Crippen LogP contribution in [0.2, 0.25) is 0 Å². The number of hydrogen-bond donors (Lipinski definition) is 1. The van der Waals surface area contributed by atoms with E-state index in [0.29, 0.717) is 5.92 Å². The molecule has 1 aromatic rings. The Morgan fingerprint density at radius 2 is 2.06 bits per heavy atom. The van der Waals surface area contributed by atoms with Crippen LogP contribution < -0.4 is 5.32 Å². The van der Waals surface area contributed by atoms with Crippen LogP contribution >= 0.6 is 0 Å². The highest BCUT2D eigenvalue weighted by Crippen LogP contribution is 2.23. The number of aryl methyl sites for hydroxylation is 1. The summed E-state index contributed by atoms with van der Waals surface area (Å²) >= 11 is 0. The highest BCUT2D eigenvalue weighted by Gasteiger charge is 2.19. The number of nitrogens with zero attached hydrogens (tertiary/aromatic N) is 2. The van der Waals surface area contributed by atoms with Crippen molar-refractivity contribution in [3.8, 4) is 0 Å². The lowest BCUT2D eigenvalue weighted by Crippen LogP contribution is -2.43. The van der Waals surface area contributed by atoms with Crippen molar-refractivity contribution in [2.75, 3.05) is 26.2 Å². The van der Waals surface area contributed by atoms with Gasteiger partial charge in [0.15, 0.2) is 0 Å². The molecule has 0 radical (unpaired) electrons. The van der Waals surface area contributed by atoms with Gasteiger partial charge in [0.1, 0.15) is 5.76 Å². The summed E-state index contributed by atoms with van der Waals surface area (Å²) in [5, 5.41) is 7.45. The molecule has 0 saturated carbocycles. The zero-order valence-corrected chi connectivity index (χ0v) is 10.4. The molecule has 4 nitrogen and oxygen atoms in total. The van der Waals surface area contributed by atoms with Gasteiger partial charge in [-0.3, -0.25) is 4.90 Å². The van der Waals surface area contributed by atoms with Crippen LogP contribution in [0.1, 0.15) is 36.8 Å². The molecule has 0 aliphatic carbocycles. The van der Waals surface area contributed by atoms with Crippen LogP contribution in [0.3, 0.4) is 0 Å². The van der Waals surface area contributed by atoms with Crippen LogP contribution in [0.5, 0.6) is 0 Å². The Bertz CT molecular complexity index is 340. The van der Waals surface area contributed by atoms with Crippen LogP contribution in [0.15, 0.2) is 4.52 Å². The summed E-state index contributed by atoms with van der Waals surface area (Å²) in [6.07, 6.45) is 0. The Hall–Kier alpha value is -0.870. The van der Waals surface area contributed by atoms with Crippen LogP contribution in [-0.2, 0) is 6.54 Å². The molecule has 0 amide bonds. The third-order valence-corrected chi connectivity index (χ3v) is 3.13. The predicted octanol–water partition coefficient (Wildman–Crippen LogP) is 1.51. The summed E-state index contributed by atoms with van der Waals surface area (Å²) in [7, 11) is 0. The van der Waals surface area contributed by atoms with E-state index in [1.54, 1.807) is 0 Å². The molecule has 16 heavy (non-hydrogen) atoms. The first-order valence-corrected chi connectivity index (χ1v) is 6.06. The second-order valence-corrected chi connectivity index (χ2v) is 4.79. The van der Waals surface area contributed by atoms with Crippen LogP contribution in [0, 0.1) is 6.92 Å². The van der Waals surface area contributed by atoms with E-state index in [9.17, 15) is 0 Å². The van der Waals surface area contributed by atoms with Gasteiger partial charge in [-0.2, -0.15) is 0 Å². The third kappa shape index (κ3) is 2.44. The molecular weight excluding hydrogens is 202 g/mol. The normalized spacial score (nSPS) is 18.2. The summed E-state index contributed by atoms with van der Waals surface area (Å²) in [6.45, 7) is 11.7. The van der Waals surface area contributed by atoms with Gasteiger partial charge in [-0.15, -0.1) is 0 Å². The molecule has 1 aromatic heterocycles. The van der Waals surface area contributed by atoms with Crippen LogP contribution in [0.4, 0.5) is 0 Å². The lowest BCUT2D eigenvalue weighted by Gasteiger charge is -2.27. The Balaban J connectivity index is 2.09. The smallest absolute Gasteiger partial charge is 0.144 e. The summed E-state index contributed by atoms with van der Waals surface area (Å²) in [4.78, 5) is 2.46. The average Bonchev–Trinajstić information content (AvgIpc) is 2.62. The minimum atomic E-state index is 0.416. The number of nitrogens with one attached hydrogen (secondary N) is 1. The highest BCUT2D eigenvalue weighted by atomic mass is 16.5. The largest absolute Gasteiger partial charge is 0.361 e. The number of hydrogen-bond acceptors (Lipinski definition) is 4. The lowest BCUT2D eigenvalue weighted by atomic mass is 10.0. The summed E-state index contributed by atoms with van der Waals surface area (Å²) < 4.78 is 5.41. The predicted molar refractivity (Wildman–Crippen MR) is 63.5 cm³/mol. The Kier molecular flexibility index (Phi) is 3.61. The summed E-state index contributed by atoms with van der Waals surface area (Å²) in [5.74, 6) is 1.47. The van der Waals surface area contributed by atoms with Gasteiger partial charge in [0.2, 0.25) is 0 Å². The molecule has 1 saturated heterocycles. The standard InChI is InChI=1S/C12H21N3O/c1-9(2)12-11(10(3)14-16-12)8-15-6-4-13-5-7-15/h9,13H,4-8H2,1-3H3. The third-order valence-electron chi connectivity index (χ3n) is 3.13. The van der Waals surface area contributed by atoms with E-state index in [1.807, 2.05) is 6.92 Å².